The number of benzene rings is 1. The molecule has 1 heterocycles. The fraction of sp³-hybridized carbons (Fsp3) is 0.444. The van der Waals surface area contributed by atoms with Crippen molar-refractivity contribution in [3.63, 3.8) is 0 Å². The first-order chi connectivity index (χ1) is 9.66. The molecule has 0 saturated heterocycles. The van der Waals surface area contributed by atoms with Gasteiger partial charge in [-0.05, 0) is 53.1 Å². The minimum Gasteiger partial charge on any atom is -0.313 e. The predicted molar refractivity (Wildman–Crippen MR) is 89.5 cm³/mol. The van der Waals surface area contributed by atoms with Crippen molar-refractivity contribution in [3.05, 3.63) is 58.3 Å². The van der Waals surface area contributed by atoms with E-state index in [1.54, 1.807) is 11.3 Å². The summed E-state index contributed by atoms with van der Waals surface area (Å²) in [5, 5.41) is 8.11. The van der Waals surface area contributed by atoms with Crippen molar-refractivity contribution in [2.45, 2.75) is 39.2 Å². The van der Waals surface area contributed by atoms with Gasteiger partial charge in [0.2, 0.25) is 0 Å². The average Bonchev–Trinajstić information content (AvgIpc) is 2.92. The second-order valence-electron chi connectivity index (χ2n) is 5.91. The van der Waals surface area contributed by atoms with Gasteiger partial charge >= 0.3 is 0 Å². The molecule has 1 aromatic carbocycles. The van der Waals surface area contributed by atoms with E-state index >= 15 is 0 Å². The van der Waals surface area contributed by atoms with Gasteiger partial charge in [-0.1, -0.05) is 44.2 Å². The van der Waals surface area contributed by atoms with E-state index in [9.17, 15) is 0 Å². The van der Waals surface area contributed by atoms with Gasteiger partial charge in [-0.3, -0.25) is 0 Å². The molecule has 1 N–H and O–H groups in total. The van der Waals surface area contributed by atoms with Crippen molar-refractivity contribution in [3.8, 4) is 0 Å². The first kappa shape index (κ1) is 15.3. The molecule has 0 aliphatic carbocycles. The predicted octanol–water partition coefficient (Wildman–Crippen LogP) is 4.71. The molecule has 2 heteroatoms. The quantitative estimate of drug-likeness (QED) is 0.777. The summed E-state index contributed by atoms with van der Waals surface area (Å²) in [5.41, 5.74) is 2.88. The molecule has 0 saturated carbocycles. The molecule has 20 heavy (non-hydrogen) atoms. The lowest BCUT2D eigenvalue weighted by molar-refractivity contribution is 0.430. The van der Waals surface area contributed by atoms with Crippen molar-refractivity contribution in [2.24, 2.45) is 5.92 Å². The third-order valence-electron chi connectivity index (χ3n) is 3.84. The summed E-state index contributed by atoms with van der Waals surface area (Å²) < 4.78 is 0. The zero-order valence-corrected chi connectivity index (χ0v) is 13.5. The van der Waals surface area contributed by atoms with E-state index in [4.69, 9.17) is 0 Å². The molecule has 2 atom stereocenters. The minimum atomic E-state index is 0.523. The van der Waals surface area contributed by atoms with Crippen LogP contribution in [0.5, 0.6) is 0 Å². The van der Waals surface area contributed by atoms with Crippen molar-refractivity contribution in [2.75, 3.05) is 6.54 Å². The Morgan fingerprint density at radius 3 is 2.40 bits per heavy atom. The lowest BCUT2D eigenvalue weighted by atomic mass is 9.88. The van der Waals surface area contributed by atoms with Crippen LogP contribution in [-0.2, 0) is 6.42 Å². The Hall–Kier alpha value is -1.12. The zero-order valence-electron chi connectivity index (χ0n) is 12.7. The molecule has 0 aliphatic heterocycles. The van der Waals surface area contributed by atoms with Crippen LogP contribution in [0.2, 0.25) is 0 Å². The molecule has 0 fully saturated rings. The van der Waals surface area contributed by atoms with Crippen molar-refractivity contribution >= 4 is 11.3 Å². The van der Waals surface area contributed by atoms with Gasteiger partial charge in [-0.15, -0.1) is 0 Å². The Kier molecular flexibility index (Phi) is 5.81. The van der Waals surface area contributed by atoms with Crippen LogP contribution in [0.3, 0.4) is 0 Å². The molecule has 1 aromatic heterocycles. The summed E-state index contributed by atoms with van der Waals surface area (Å²) in [6.45, 7) is 7.94. The molecule has 2 aromatic rings. The summed E-state index contributed by atoms with van der Waals surface area (Å²) in [4.78, 5) is 0. The van der Waals surface area contributed by atoms with E-state index in [2.05, 4.69) is 73.2 Å². The van der Waals surface area contributed by atoms with Crippen LogP contribution in [0.1, 0.15) is 37.8 Å². The van der Waals surface area contributed by atoms with Gasteiger partial charge < -0.3 is 5.32 Å². The van der Waals surface area contributed by atoms with Gasteiger partial charge in [0.15, 0.2) is 0 Å². The number of nitrogens with one attached hydrogen (secondary N) is 1. The summed E-state index contributed by atoms with van der Waals surface area (Å²) in [5.74, 6) is 1.24. The van der Waals surface area contributed by atoms with Gasteiger partial charge in [0.1, 0.15) is 0 Å². The number of hydrogen-bond donors (Lipinski definition) is 1. The fourth-order valence-electron chi connectivity index (χ4n) is 2.60. The molecule has 2 unspecified atom stereocenters. The number of rotatable bonds is 7. The molecule has 2 rings (SSSR count). The standard InChI is InChI=1S/C18H25NS/c1-14(2)18(17-7-5-4-6-8-17)12-19-15(3)11-16-9-10-20-13-16/h4-10,13-15,18-19H,11-12H2,1-3H3. The molecular formula is C18H25NS. The molecule has 0 spiro atoms. The highest BCUT2D eigenvalue weighted by Gasteiger charge is 2.16. The number of thiophene rings is 1. The Bertz CT molecular complexity index is 475. The summed E-state index contributed by atoms with van der Waals surface area (Å²) >= 11 is 1.78. The molecule has 0 radical (unpaired) electrons. The maximum Gasteiger partial charge on any atom is 0.00796 e. The average molecular weight is 287 g/mol. The van der Waals surface area contributed by atoms with Crippen molar-refractivity contribution in [1.82, 2.24) is 5.32 Å². The van der Waals surface area contributed by atoms with E-state index in [-0.39, 0.29) is 0 Å². The van der Waals surface area contributed by atoms with Gasteiger partial charge in [-0.25, -0.2) is 0 Å². The highest BCUT2D eigenvalue weighted by atomic mass is 32.1. The molecule has 1 nitrogen and oxygen atoms in total. The summed E-state index contributed by atoms with van der Waals surface area (Å²) in [6, 6.07) is 13.6. The van der Waals surface area contributed by atoms with Gasteiger partial charge in [0, 0.05) is 12.6 Å². The normalized spacial score (nSPS) is 14.4. The van der Waals surface area contributed by atoms with E-state index in [0.29, 0.717) is 17.9 Å². The van der Waals surface area contributed by atoms with Crippen LogP contribution in [-0.4, -0.2) is 12.6 Å². The maximum absolute atomic E-state index is 3.71. The van der Waals surface area contributed by atoms with E-state index < -0.39 is 0 Å². The lowest BCUT2D eigenvalue weighted by Gasteiger charge is -2.24. The van der Waals surface area contributed by atoms with Crippen LogP contribution in [0.15, 0.2) is 47.2 Å². The first-order valence-electron chi connectivity index (χ1n) is 7.46. The Morgan fingerprint density at radius 1 is 1.05 bits per heavy atom. The molecular weight excluding hydrogens is 262 g/mol. The largest absolute Gasteiger partial charge is 0.313 e. The highest BCUT2D eigenvalue weighted by Crippen LogP contribution is 2.23. The van der Waals surface area contributed by atoms with Crippen LogP contribution in [0.25, 0.3) is 0 Å². The first-order valence-corrected chi connectivity index (χ1v) is 8.40. The lowest BCUT2D eigenvalue weighted by Crippen LogP contribution is -2.33. The van der Waals surface area contributed by atoms with Gasteiger partial charge in [-0.2, -0.15) is 11.3 Å². The molecule has 0 bridgehead atoms. The SMILES string of the molecule is CC(Cc1ccsc1)NCC(c1ccccc1)C(C)C. The van der Waals surface area contributed by atoms with Gasteiger partial charge in [0.05, 0.1) is 0 Å². The second kappa shape index (κ2) is 7.61. The number of hydrogen-bond acceptors (Lipinski definition) is 2. The summed E-state index contributed by atoms with van der Waals surface area (Å²) in [7, 11) is 0. The van der Waals surface area contributed by atoms with Gasteiger partial charge in [0.25, 0.3) is 0 Å². The molecule has 0 aliphatic rings. The topological polar surface area (TPSA) is 12.0 Å². The third-order valence-corrected chi connectivity index (χ3v) is 4.57. The van der Waals surface area contributed by atoms with Crippen LogP contribution in [0.4, 0.5) is 0 Å². The van der Waals surface area contributed by atoms with Crippen LogP contribution >= 0.6 is 11.3 Å². The Labute approximate surface area is 127 Å². The van der Waals surface area contributed by atoms with E-state index in [1.165, 1.54) is 11.1 Å². The Balaban J connectivity index is 1.89. The second-order valence-corrected chi connectivity index (χ2v) is 6.69. The smallest absolute Gasteiger partial charge is 0.00796 e. The van der Waals surface area contributed by atoms with Crippen molar-refractivity contribution < 1.29 is 0 Å². The van der Waals surface area contributed by atoms with Crippen LogP contribution < -0.4 is 5.32 Å². The maximum atomic E-state index is 3.71. The molecule has 108 valence electrons. The zero-order chi connectivity index (χ0) is 14.4. The minimum absolute atomic E-state index is 0.523. The summed E-state index contributed by atoms with van der Waals surface area (Å²) in [6.07, 6.45) is 1.11. The van der Waals surface area contributed by atoms with Crippen molar-refractivity contribution in [1.29, 1.82) is 0 Å². The fourth-order valence-corrected chi connectivity index (χ4v) is 3.28. The molecule has 0 amide bonds. The Morgan fingerprint density at radius 2 is 1.80 bits per heavy atom. The van der Waals surface area contributed by atoms with Crippen LogP contribution in [0, 0.1) is 5.92 Å². The van der Waals surface area contributed by atoms with E-state index in [1.807, 2.05) is 0 Å². The highest BCUT2D eigenvalue weighted by molar-refractivity contribution is 7.07. The third kappa shape index (κ3) is 4.46. The monoisotopic (exact) mass is 287 g/mol. The van der Waals surface area contributed by atoms with E-state index in [0.717, 1.165) is 13.0 Å².